The first-order chi connectivity index (χ1) is 10.1. The Balaban J connectivity index is 2.85. The Hall–Kier alpha value is -2.10. The maximum Gasteiger partial charge on any atom is 0.338 e. The summed E-state index contributed by atoms with van der Waals surface area (Å²) in [7, 11) is 0. The highest BCUT2D eigenvalue weighted by Crippen LogP contribution is 2.17. The standard InChI is InChI=1S/C17H22O4/c1-4-6-12-21-15(18)11-10-14-9-7-8-13(3)16(14)17(19)20-5-2/h7-11H,4-6,12H2,1-3H3/b11-10+. The van der Waals surface area contributed by atoms with Gasteiger partial charge in [-0.05, 0) is 37.5 Å². The molecule has 0 amide bonds. The Morgan fingerprint density at radius 1 is 1.19 bits per heavy atom. The maximum atomic E-state index is 12.0. The second-order valence-corrected chi connectivity index (χ2v) is 4.61. The largest absolute Gasteiger partial charge is 0.463 e. The van der Waals surface area contributed by atoms with E-state index in [9.17, 15) is 9.59 Å². The van der Waals surface area contributed by atoms with Crippen molar-refractivity contribution in [2.24, 2.45) is 0 Å². The normalized spacial score (nSPS) is 10.6. The molecule has 0 aliphatic heterocycles. The fourth-order valence-corrected chi connectivity index (χ4v) is 1.83. The third-order valence-corrected chi connectivity index (χ3v) is 2.93. The molecule has 0 bridgehead atoms. The van der Waals surface area contributed by atoms with Gasteiger partial charge in [0.2, 0.25) is 0 Å². The van der Waals surface area contributed by atoms with Crippen LogP contribution in [0.25, 0.3) is 6.08 Å². The SMILES string of the molecule is CCCCOC(=O)/C=C/c1cccc(C)c1C(=O)OCC. The minimum absolute atomic E-state index is 0.315. The molecular formula is C17H22O4. The third kappa shape index (κ3) is 5.42. The minimum atomic E-state index is -0.403. The average Bonchev–Trinajstić information content (AvgIpc) is 2.45. The highest BCUT2D eigenvalue weighted by atomic mass is 16.5. The second kappa shape index (κ2) is 8.95. The molecular weight excluding hydrogens is 268 g/mol. The summed E-state index contributed by atoms with van der Waals surface area (Å²) in [5.74, 6) is -0.783. The van der Waals surface area contributed by atoms with Gasteiger partial charge in [0.05, 0.1) is 18.8 Å². The van der Waals surface area contributed by atoms with E-state index in [-0.39, 0.29) is 5.97 Å². The quantitative estimate of drug-likeness (QED) is 0.438. The lowest BCUT2D eigenvalue weighted by Gasteiger charge is -2.08. The first kappa shape index (κ1) is 17.0. The van der Waals surface area contributed by atoms with Crippen LogP contribution in [0.1, 0.15) is 48.2 Å². The summed E-state index contributed by atoms with van der Waals surface area (Å²) in [5.41, 5.74) is 1.95. The Kier molecular flexibility index (Phi) is 7.23. The van der Waals surface area contributed by atoms with Crippen molar-refractivity contribution in [1.82, 2.24) is 0 Å². The molecule has 0 unspecified atom stereocenters. The van der Waals surface area contributed by atoms with Gasteiger partial charge in [-0.1, -0.05) is 31.5 Å². The molecule has 0 heterocycles. The van der Waals surface area contributed by atoms with E-state index in [1.54, 1.807) is 19.1 Å². The Bertz CT molecular complexity index is 518. The number of rotatable bonds is 7. The molecule has 4 heteroatoms. The smallest absolute Gasteiger partial charge is 0.338 e. The summed E-state index contributed by atoms with van der Waals surface area (Å²) in [6.07, 6.45) is 4.75. The summed E-state index contributed by atoms with van der Waals surface area (Å²) in [6, 6.07) is 5.44. The zero-order chi connectivity index (χ0) is 15.7. The van der Waals surface area contributed by atoms with Crippen LogP contribution in [0, 0.1) is 6.92 Å². The van der Waals surface area contributed by atoms with Crippen LogP contribution >= 0.6 is 0 Å². The number of hydrogen-bond donors (Lipinski definition) is 0. The van der Waals surface area contributed by atoms with Crippen molar-refractivity contribution >= 4 is 18.0 Å². The number of ether oxygens (including phenoxy) is 2. The number of benzene rings is 1. The van der Waals surface area contributed by atoms with Crippen LogP contribution in [-0.4, -0.2) is 25.2 Å². The first-order valence-corrected chi connectivity index (χ1v) is 7.21. The Morgan fingerprint density at radius 3 is 2.62 bits per heavy atom. The highest BCUT2D eigenvalue weighted by Gasteiger charge is 2.13. The number of esters is 2. The van der Waals surface area contributed by atoms with Gasteiger partial charge < -0.3 is 9.47 Å². The molecule has 4 nitrogen and oxygen atoms in total. The molecule has 1 rings (SSSR count). The molecule has 21 heavy (non-hydrogen) atoms. The molecule has 1 aromatic carbocycles. The van der Waals surface area contributed by atoms with Crippen molar-refractivity contribution in [3.8, 4) is 0 Å². The van der Waals surface area contributed by atoms with Gasteiger partial charge in [0, 0.05) is 6.08 Å². The van der Waals surface area contributed by atoms with Crippen molar-refractivity contribution in [2.75, 3.05) is 13.2 Å². The van der Waals surface area contributed by atoms with Gasteiger partial charge in [-0.15, -0.1) is 0 Å². The molecule has 0 saturated heterocycles. The topological polar surface area (TPSA) is 52.6 Å². The van der Waals surface area contributed by atoms with Gasteiger partial charge in [-0.2, -0.15) is 0 Å². The molecule has 0 aromatic heterocycles. The third-order valence-electron chi connectivity index (χ3n) is 2.93. The summed E-state index contributed by atoms with van der Waals surface area (Å²) >= 11 is 0. The van der Waals surface area contributed by atoms with Gasteiger partial charge in [-0.3, -0.25) is 0 Å². The van der Waals surface area contributed by atoms with Crippen LogP contribution in [0.5, 0.6) is 0 Å². The lowest BCUT2D eigenvalue weighted by atomic mass is 10.0. The van der Waals surface area contributed by atoms with Crippen molar-refractivity contribution in [2.45, 2.75) is 33.6 Å². The van der Waals surface area contributed by atoms with E-state index in [0.29, 0.717) is 24.3 Å². The van der Waals surface area contributed by atoms with E-state index in [0.717, 1.165) is 18.4 Å². The minimum Gasteiger partial charge on any atom is -0.463 e. The van der Waals surface area contributed by atoms with Gasteiger partial charge in [0.1, 0.15) is 0 Å². The molecule has 0 aliphatic carbocycles. The average molecular weight is 290 g/mol. The van der Waals surface area contributed by atoms with Crippen LogP contribution in [-0.2, 0) is 14.3 Å². The fourth-order valence-electron chi connectivity index (χ4n) is 1.83. The predicted molar refractivity (Wildman–Crippen MR) is 82.0 cm³/mol. The van der Waals surface area contributed by atoms with Crippen LogP contribution in [0.3, 0.4) is 0 Å². The summed E-state index contributed by atoms with van der Waals surface area (Å²) in [4.78, 5) is 23.5. The van der Waals surface area contributed by atoms with Crippen molar-refractivity contribution in [1.29, 1.82) is 0 Å². The summed E-state index contributed by atoms with van der Waals surface area (Å²) in [6.45, 7) is 6.36. The lowest BCUT2D eigenvalue weighted by molar-refractivity contribution is -0.137. The number of unbranched alkanes of at least 4 members (excludes halogenated alkanes) is 1. The molecule has 0 fully saturated rings. The summed E-state index contributed by atoms with van der Waals surface area (Å²) in [5, 5.41) is 0. The molecule has 0 N–H and O–H groups in total. The Labute approximate surface area is 125 Å². The number of aryl methyl sites for hydroxylation is 1. The highest BCUT2D eigenvalue weighted by molar-refractivity contribution is 5.97. The van der Waals surface area contributed by atoms with Crippen LogP contribution in [0.4, 0.5) is 0 Å². The van der Waals surface area contributed by atoms with Crippen molar-refractivity contribution < 1.29 is 19.1 Å². The van der Waals surface area contributed by atoms with Gasteiger partial charge in [0.15, 0.2) is 0 Å². The van der Waals surface area contributed by atoms with E-state index < -0.39 is 5.97 Å². The zero-order valence-electron chi connectivity index (χ0n) is 12.8. The van der Waals surface area contributed by atoms with Gasteiger partial charge in [-0.25, -0.2) is 9.59 Å². The van der Waals surface area contributed by atoms with Crippen LogP contribution < -0.4 is 0 Å². The lowest BCUT2D eigenvalue weighted by Crippen LogP contribution is -2.09. The maximum absolute atomic E-state index is 12.0. The molecule has 114 valence electrons. The molecule has 0 radical (unpaired) electrons. The fraction of sp³-hybridized carbons (Fsp3) is 0.412. The van der Waals surface area contributed by atoms with Crippen molar-refractivity contribution in [3.05, 3.63) is 41.0 Å². The molecule has 0 spiro atoms. The monoisotopic (exact) mass is 290 g/mol. The summed E-state index contributed by atoms with van der Waals surface area (Å²) < 4.78 is 10.1. The van der Waals surface area contributed by atoms with Gasteiger partial charge in [0.25, 0.3) is 0 Å². The van der Waals surface area contributed by atoms with E-state index >= 15 is 0 Å². The van der Waals surface area contributed by atoms with E-state index in [1.807, 2.05) is 26.0 Å². The van der Waals surface area contributed by atoms with E-state index in [1.165, 1.54) is 6.08 Å². The second-order valence-electron chi connectivity index (χ2n) is 4.61. The van der Waals surface area contributed by atoms with Gasteiger partial charge >= 0.3 is 11.9 Å². The Morgan fingerprint density at radius 2 is 1.95 bits per heavy atom. The number of hydrogen-bond acceptors (Lipinski definition) is 4. The zero-order valence-corrected chi connectivity index (χ0v) is 12.8. The molecule has 0 aliphatic rings. The molecule has 0 atom stereocenters. The molecule has 0 saturated carbocycles. The number of carbonyl (C=O) groups is 2. The predicted octanol–water partition coefficient (Wildman–Crippen LogP) is 3.53. The molecule has 1 aromatic rings. The van der Waals surface area contributed by atoms with Crippen molar-refractivity contribution in [3.63, 3.8) is 0 Å². The number of carbonyl (C=O) groups excluding carboxylic acids is 2. The van der Waals surface area contributed by atoms with E-state index in [4.69, 9.17) is 9.47 Å². The van der Waals surface area contributed by atoms with Crippen LogP contribution in [0.2, 0.25) is 0 Å². The van der Waals surface area contributed by atoms with Crippen LogP contribution in [0.15, 0.2) is 24.3 Å². The van der Waals surface area contributed by atoms with E-state index in [2.05, 4.69) is 0 Å². The first-order valence-electron chi connectivity index (χ1n) is 7.21.